The van der Waals surface area contributed by atoms with Crippen LogP contribution < -0.4 is 15.5 Å². The van der Waals surface area contributed by atoms with Crippen LogP contribution in [0, 0.1) is 0 Å². The SMILES string of the molecule is CCNc1nc(N2CC[C@@H](NC)C2)c2oc3ccc(C(F)(F)F)cc3c2n1. The van der Waals surface area contributed by atoms with E-state index >= 15 is 0 Å². The molecule has 6 nitrogen and oxygen atoms in total. The normalized spacial score (nSPS) is 18.0. The van der Waals surface area contributed by atoms with E-state index in [1.807, 2.05) is 14.0 Å². The van der Waals surface area contributed by atoms with Crippen molar-refractivity contribution >= 4 is 33.8 Å². The fraction of sp³-hybridized carbons (Fsp3) is 0.444. The number of halogens is 3. The van der Waals surface area contributed by atoms with Crippen LogP contribution in [0.15, 0.2) is 22.6 Å². The van der Waals surface area contributed by atoms with E-state index in [2.05, 4.69) is 25.5 Å². The largest absolute Gasteiger partial charge is 0.450 e. The Balaban J connectivity index is 1.92. The molecular weight excluding hydrogens is 359 g/mol. The molecule has 1 aromatic carbocycles. The first kappa shape index (κ1) is 17.8. The highest BCUT2D eigenvalue weighted by Gasteiger charge is 2.32. The predicted molar refractivity (Wildman–Crippen MR) is 98.2 cm³/mol. The molecule has 1 aliphatic rings. The van der Waals surface area contributed by atoms with E-state index in [-0.39, 0.29) is 0 Å². The molecule has 0 saturated carbocycles. The third kappa shape index (κ3) is 3.16. The van der Waals surface area contributed by atoms with E-state index in [1.54, 1.807) is 0 Å². The van der Waals surface area contributed by atoms with Crippen LogP contribution in [0.4, 0.5) is 24.9 Å². The Kier molecular flexibility index (Phi) is 4.33. The van der Waals surface area contributed by atoms with Crippen molar-refractivity contribution in [2.24, 2.45) is 0 Å². The van der Waals surface area contributed by atoms with Crippen LogP contribution in [0.5, 0.6) is 0 Å². The van der Waals surface area contributed by atoms with Crippen LogP contribution >= 0.6 is 0 Å². The Bertz CT molecular complexity index is 984. The van der Waals surface area contributed by atoms with Crippen molar-refractivity contribution in [3.63, 3.8) is 0 Å². The van der Waals surface area contributed by atoms with Gasteiger partial charge < -0.3 is 20.0 Å². The van der Waals surface area contributed by atoms with Gasteiger partial charge in [0.1, 0.15) is 11.1 Å². The van der Waals surface area contributed by atoms with E-state index in [0.717, 1.165) is 31.6 Å². The van der Waals surface area contributed by atoms with E-state index in [1.165, 1.54) is 6.07 Å². The zero-order chi connectivity index (χ0) is 19.2. The molecule has 3 aromatic rings. The quantitative estimate of drug-likeness (QED) is 0.722. The summed E-state index contributed by atoms with van der Waals surface area (Å²) in [6, 6.07) is 3.79. The van der Waals surface area contributed by atoms with E-state index < -0.39 is 11.7 Å². The van der Waals surface area contributed by atoms with Crippen LogP contribution in [0.25, 0.3) is 22.1 Å². The van der Waals surface area contributed by atoms with Crippen molar-refractivity contribution in [1.29, 1.82) is 0 Å². The summed E-state index contributed by atoms with van der Waals surface area (Å²) in [6.45, 7) is 4.05. The van der Waals surface area contributed by atoms with Crippen molar-refractivity contribution in [2.45, 2.75) is 25.6 Å². The highest BCUT2D eigenvalue weighted by Crippen LogP contribution is 2.38. The Labute approximate surface area is 153 Å². The molecule has 0 bridgehead atoms. The molecule has 3 heterocycles. The molecule has 0 amide bonds. The van der Waals surface area contributed by atoms with Crippen LogP contribution in [0.2, 0.25) is 0 Å². The maximum absolute atomic E-state index is 13.1. The second-order valence-electron chi connectivity index (χ2n) is 6.61. The Morgan fingerprint density at radius 2 is 2.11 bits per heavy atom. The lowest BCUT2D eigenvalue weighted by Gasteiger charge is -2.18. The molecule has 1 fully saturated rings. The van der Waals surface area contributed by atoms with Gasteiger partial charge in [0, 0.05) is 31.1 Å². The van der Waals surface area contributed by atoms with Crippen LogP contribution in [-0.4, -0.2) is 42.7 Å². The summed E-state index contributed by atoms with van der Waals surface area (Å²) < 4.78 is 45.3. The standard InChI is InChI=1S/C18H20F3N5O/c1-3-23-17-24-14-12-8-10(18(19,20)21)4-5-13(12)27-15(14)16(25-17)26-7-6-11(9-26)22-2/h4-5,8,11,22H,3,6-7,9H2,1-2H3,(H,23,24,25)/t11-/m1/s1. The van der Waals surface area contributed by atoms with Gasteiger partial charge in [0.05, 0.1) is 5.56 Å². The number of benzene rings is 1. The van der Waals surface area contributed by atoms with E-state index in [9.17, 15) is 13.2 Å². The zero-order valence-corrected chi connectivity index (χ0v) is 15.0. The second-order valence-corrected chi connectivity index (χ2v) is 6.61. The maximum atomic E-state index is 13.1. The number of anilines is 2. The Morgan fingerprint density at radius 1 is 1.30 bits per heavy atom. The lowest BCUT2D eigenvalue weighted by molar-refractivity contribution is -0.137. The molecule has 9 heteroatoms. The van der Waals surface area contributed by atoms with Gasteiger partial charge in [-0.25, -0.2) is 4.98 Å². The Hall–Kier alpha value is -2.55. The molecule has 0 spiro atoms. The molecule has 0 aliphatic carbocycles. The first-order chi connectivity index (χ1) is 12.9. The maximum Gasteiger partial charge on any atom is 0.416 e. The van der Waals surface area contributed by atoms with Crippen molar-refractivity contribution < 1.29 is 17.6 Å². The third-order valence-electron chi connectivity index (χ3n) is 4.85. The lowest BCUT2D eigenvalue weighted by atomic mass is 10.1. The first-order valence-electron chi connectivity index (χ1n) is 8.88. The molecule has 0 radical (unpaired) electrons. The van der Waals surface area contributed by atoms with Gasteiger partial charge in [-0.15, -0.1) is 0 Å². The van der Waals surface area contributed by atoms with Crippen molar-refractivity contribution in [2.75, 3.05) is 36.9 Å². The van der Waals surface area contributed by atoms with Gasteiger partial charge in [-0.05, 0) is 38.6 Å². The fourth-order valence-corrected chi connectivity index (χ4v) is 3.45. The highest BCUT2D eigenvalue weighted by molar-refractivity contribution is 6.06. The van der Waals surface area contributed by atoms with Gasteiger partial charge in [0.2, 0.25) is 5.95 Å². The number of aromatic nitrogens is 2. The molecule has 1 aliphatic heterocycles. The predicted octanol–water partition coefficient (Wildman–Crippen LogP) is 3.62. The summed E-state index contributed by atoms with van der Waals surface area (Å²) in [5, 5.41) is 6.65. The summed E-state index contributed by atoms with van der Waals surface area (Å²) in [5.74, 6) is 0.992. The molecule has 4 rings (SSSR count). The van der Waals surface area contributed by atoms with E-state index in [0.29, 0.717) is 46.4 Å². The minimum Gasteiger partial charge on any atom is -0.450 e. The topological polar surface area (TPSA) is 66.2 Å². The average molecular weight is 379 g/mol. The smallest absolute Gasteiger partial charge is 0.416 e. The molecule has 2 N–H and O–H groups in total. The summed E-state index contributed by atoms with van der Waals surface area (Å²) in [5.41, 5.74) is 0.457. The van der Waals surface area contributed by atoms with E-state index in [4.69, 9.17) is 4.42 Å². The number of nitrogens with zero attached hydrogens (tertiary/aromatic N) is 3. The molecule has 0 unspecified atom stereocenters. The van der Waals surface area contributed by atoms with Crippen LogP contribution in [-0.2, 0) is 6.18 Å². The number of nitrogens with one attached hydrogen (secondary N) is 2. The summed E-state index contributed by atoms with van der Waals surface area (Å²) in [7, 11) is 1.91. The van der Waals surface area contributed by atoms with Gasteiger partial charge in [0.25, 0.3) is 0 Å². The van der Waals surface area contributed by atoms with Crippen LogP contribution in [0.3, 0.4) is 0 Å². The summed E-state index contributed by atoms with van der Waals surface area (Å²) in [6.07, 6.45) is -3.47. The van der Waals surface area contributed by atoms with Crippen molar-refractivity contribution in [3.8, 4) is 0 Å². The average Bonchev–Trinajstić information content (AvgIpc) is 3.24. The minimum absolute atomic E-state index is 0.332. The number of hydrogen-bond acceptors (Lipinski definition) is 6. The number of furan rings is 1. The molecule has 1 saturated heterocycles. The molecule has 2 aromatic heterocycles. The van der Waals surface area contributed by atoms with Gasteiger partial charge >= 0.3 is 6.18 Å². The van der Waals surface area contributed by atoms with Crippen molar-refractivity contribution in [1.82, 2.24) is 15.3 Å². The number of likely N-dealkylation sites (N-methyl/N-ethyl adjacent to an activating group) is 1. The summed E-state index contributed by atoms with van der Waals surface area (Å²) >= 11 is 0. The number of hydrogen-bond donors (Lipinski definition) is 2. The number of rotatable bonds is 4. The third-order valence-corrected chi connectivity index (χ3v) is 4.85. The monoisotopic (exact) mass is 379 g/mol. The second kappa shape index (κ2) is 6.56. The van der Waals surface area contributed by atoms with Crippen LogP contribution in [0.1, 0.15) is 18.9 Å². The van der Waals surface area contributed by atoms with Crippen molar-refractivity contribution in [3.05, 3.63) is 23.8 Å². The number of fused-ring (bicyclic) bond motifs is 3. The molecule has 1 atom stereocenters. The van der Waals surface area contributed by atoms with Gasteiger partial charge in [-0.2, -0.15) is 18.2 Å². The minimum atomic E-state index is -4.42. The first-order valence-corrected chi connectivity index (χ1v) is 8.88. The fourth-order valence-electron chi connectivity index (χ4n) is 3.45. The van der Waals surface area contributed by atoms with Gasteiger partial charge in [-0.1, -0.05) is 0 Å². The number of alkyl halides is 3. The van der Waals surface area contributed by atoms with Gasteiger partial charge in [-0.3, -0.25) is 0 Å². The molecule has 144 valence electrons. The lowest BCUT2D eigenvalue weighted by Crippen LogP contribution is -2.30. The summed E-state index contributed by atoms with van der Waals surface area (Å²) in [4.78, 5) is 11.1. The molecular formula is C18H20F3N5O. The van der Waals surface area contributed by atoms with Gasteiger partial charge in [0.15, 0.2) is 11.4 Å². The Morgan fingerprint density at radius 3 is 2.78 bits per heavy atom. The highest BCUT2D eigenvalue weighted by atomic mass is 19.4. The molecule has 27 heavy (non-hydrogen) atoms. The zero-order valence-electron chi connectivity index (χ0n) is 15.0.